The maximum absolute atomic E-state index is 4.56. The second-order valence-corrected chi connectivity index (χ2v) is 4.70. The summed E-state index contributed by atoms with van der Waals surface area (Å²) in [7, 11) is 0. The lowest BCUT2D eigenvalue weighted by atomic mass is 10.1. The van der Waals surface area contributed by atoms with Gasteiger partial charge < -0.3 is 4.57 Å². The van der Waals surface area contributed by atoms with Crippen LogP contribution >= 0.6 is 0 Å². The Hall–Kier alpha value is -1.05. The Morgan fingerprint density at radius 3 is 2.36 bits per heavy atom. The van der Waals surface area contributed by atoms with E-state index in [9.17, 15) is 0 Å². The number of hydrogen-bond acceptors (Lipinski definition) is 1. The van der Waals surface area contributed by atoms with Crippen LogP contribution in [0.15, 0.2) is 12.7 Å². The first-order chi connectivity index (χ1) is 6.38. The van der Waals surface area contributed by atoms with E-state index in [-0.39, 0.29) is 5.54 Å². The molecule has 0 spiro atoms. The molecule has 0 aliphatic carbocycles. The Kier molecular flexibility index (Phi) is 2.84. The molecule has 0 fully saturated rings. The summed E-state index contributed by atoms with van der Waals surface area (Å²) in [6.45, 7) is 14.6. The summed E-state index contributed by atoms with van der Waals surface area (Å²) in [5.41, 5.74) is 2.48. The fourth-order valence-corrected chi connectivity index (χ4v) is 1.84. The van der Waals surface area contributed by atoms with E-state index in [0.29, 0.717) is 0 Å². The van der Waals surface area contributed by atoms with E-state index in [2.05, 4.69) is 50.7 Å². The van der Waals surface area contributed by atoms with Gasteiger partial charge in [0, 0.05) is 17.7 Å². The summed E-state index contributed by atoms with van der Waals surface area (Å²) in [5, 5.41) is 0. The highest BCUT2D eigenvalue weighted by Gasteiger charge is 2.20. The van der Waals surface area contributed by atoms with Gasteiger partial charge >= 0.3 is 0 Å². The molecule has 1 aromatic heterocycles. The van der Waals surface area contributed by atoms with Gasteiger partial charge in [-0.2, -0.15) is 0 Å². The summed E-state index contributed by atoms with van der Waals surface area (Å²) in [6, 6.07) is 0. The normalized spacial score (nSPS) is 11.8. The molecule has 0 amide bonds. The van der Waals surface area contributed by atoms with E-state index in [4.69, 9.17) is 0 Å². The first-order valence-electron chi connectivity index (χ1n) is 5.04. The maximum Gasteiger partial charge on any atom is 0.113 e. The van der Waals surface area contributed by atoms with Crippen molar-refractivity contribution in [1.29, 1.82) is 0 Å². The largest absolute Gasteiger partial charge is 0.327 e. The van der Waals surface area contributed by atoms with Crippen molar-refractivity contribution in [3.05, 3.63) is 29.9 Å². The van der Waals surface area contributed by atoms with Crippen molar-refractivity contribution >= 4 is 0 Å². The lowest BCUT2D eigenvalue weighted by Gasteiger charge is -2.25. The molecule has 2 nitrogen and oxygen atoms in total. The minimum atomic E-state index is 0.101. The van der Waals surface area contributed by atoms with Gasteiger partial charge in [-0.15, -0.1) is 6.58 Å². The van der Waals surface area contributed by atoms with Gasteiger partial charge in [0.1, 0.15) is 5.82 Å². The molecule has 78 valence electrons. The van der Waals surface area contributed by atoms with Crippen molar-refractivity contribution in [2.24, 2.45) is 0 Å². The molecular weight excluding hydrogens is 172 g/mol. The summed E-state index contributed by atoms with van der Waals surface area (Å²) in [4.78, 5) is 4.56. The third-order valence-corrected chi connectivity index (χ3v) is 2.41. The maximum atomic E-state index is 4.56. The molecule has 0 saturated carbocycles. The van der Waals surface area contributed by atoms with Crippen LogP contribution in [0.4, 0.5) is 0 Å². The fourth-order valence-electron chi connectivity index (χ4n) is 1.84. The van der Waals surface area contributed by atoms with Crippen LogP contribution in [-0.4, -0.2) is 9.55 Å². The second kappa shape index (κ2) is 3.60. The number of imidazole rings is 1. The van der Waals surface area contributed by atoms with Crippen molar-refractivity contribution < 1.29 is 0 Å². The Morgan fingerprint density at radius 1 is 1.36 bits per heavy atom. The number of aromatic nitrogens is 2. The fraction of sp³-hybridized carbons (Fsp3) is 0.583. The molecule has 1 aromatic rings. The molecule has 1 heterocycles. The van der Waals surface area contributed by atoms with Crippen LogP contribution in [0.25, 0.3) is 0 Å². The van der Waals surface area contributed by atoms with Gasteiger partial charge in [-0.3, -0.25) is 0 Å². The molecule has 0 aliphatic rings. The summed E-state index contributed by atoms with van der Waals surface area (Å²) in [6.07, 6.45) is 2.75. The molecule has 0 bridgehead atoms. The Morgan fingerprint density at radius 2 is 1.93 bits per heavy atom. The van der Waals surface area contributed by atoms with E-state index in [1.165, 1.54) is 5.69 Å². The average Bonchev–Trinajstić information content (AvgIpc) is 2.27. The molecule has 2 heteroatoms. The van der Waals surface area contributed by atoms with E-state index >= 15 is 0 Å². The molecule has 0 unspecified atom stereocenters. The van der Waals surface area contributed by atoms with Gasteiger partial charge in [0.15, 0.2) is 0 Å². The molecule has 14 heavy (non-hydrogen) atoms. The monoisotopic (exact) mass is 192 g/mol. The molecule has 0 N–H and O–H groups in total. The van der Waals surface area contributed by atoms with Crippen LogP contribution in [-0.2, 0) is 12.0 Å². The van der Waals surface area contributed by atoms with Crippen LogP contribution in [0.5, 0.6) is 0 Å². The molecule has 0 radical (unpaired) electrons. The number of hydrogen-bond donors (Lipinski definition) is 0. The van der Waals surface area contributed by atoms with Gasteiger partial charge in [-0.1, -0.05) is 6.08 Å². The summed E-state index contributed by atoms with van der Waals surface area (Å²) in [5.74, 6) is 1.11. The molecule has 0 atom stereocenters. The minimum absolute atomic E-state index is 0.101. The zero-order chi connectivity index (χ0) is 10.9. The van der Waals surface area contributed by atoms with Crippen molar-refractivity contribution in [2.75, 3.05) is 0 Å². The van der Waals surface area contributed by atoms with Gasteiger partial charge in [0.05, 0.1) is 5.69 Å². The smallest absolute Gasteiger partial charge is 0.113 e. The Bertz CT molecular complexity index is 340. The Labute approximate surface area is 86.7 Å². The van der Waals surface area contributed by atoms with Crippen molar-refractivity contribution in [2.45, 2.75) is 46.6 Å². The standard InChI is InChI=1S/C12H20N2/c1-7-8-11-13-9(2)10(3)14(11)12(4,5)6/h7H,1,8H2,2-6H3. The molecule has 0 saturated heterocycles. The average molecular weight is 192 g/mol. The van der Waals surface area contributed by atoms with Crippen LogP contribution in [0.2, 0.25) is 0 Å². The van der Waals surface area contributed by atoms with Crippen LogP contribution in [0.1, 0.15) is 38.0 Å². The second-order valence-electron chi connectivity index (χ2n) is 4.70. The van der Waals surface area contributed by atoms with Crippen molar-refractivity contribution in [3.8, 4) is 0 Å². The van der Waals surface area contributed by atoms with Gasteiger partial charge in [0.25, 0.3) is 0 Å². The zero-order valence-electron chi connectivity index (χ0n) is 9.89. The predicted octanol–water partition coefficient (Wildman–Crippen LogP) is 2.98. The molecular formula is C12H20N2. The van der Waals surface area contributed by atoms with Crippen molar-refractivity contribution in [1.82, 2.24) is 9.55 Å². The topological polar surface area (TPSA) is 17.8 Å². The third kappa shape index (κ3) is 1.89. The molecule has 0 aliphatic heterocycles. The highest BCUT2D eigenvalue weighted by molar-refractivity contribution is 5.18. The third-order valence-electron chi connectivity index (χ3n) is 2.41. The first-order valence-corrected chi connectivity index (χ1v) is 5.04. The van der Waals surface area contributed by atoms with E-state index in [0.717, 1.165) is 17.9 Å². The van der Waals surface area contributed by atoms with Gasteiger partial charge in [-0.25, -0.2) is 4.98 Å². The first kappa shape index (κ1) is 11.0. The number of aryl methyl sites for hydroxylation is 1. The van der Waals surface area contributed by atoms with E-state index < -0.39 is 0 Å². The van der Waals surface area contributed by atoms with Gasteiger partial charge in [0.2, 0.25) is 0 Å². The Balaban J connectivity index is 3.30. The van der Waals surface area contributed by atoms with E-state index in [1.54, 1.807) is 0 Å². The molecule has 0 aromatic carbocycles. The number of allylic oxidation sites excluding steroid dienone is 1. The van der Waals surface area contributed by atoms with Crippen molar-refractivity contribution in [3.63, 3.8) is 0 Å². The zero-order valence-corrected chi connectivity index (χ0v) is 9.89. The van der Waals surface area contributed by atoms with Crippen LogP contribution < -0.4 is 0 Å². The van der Waals surface area contributed by atoms with Crippen LogP contribution in [0.3, 0.4) is 0 Å². The highest BCUT2D eigenvalue weighted by atomic mass is 15.1. The predicted molar refractivity (Wildman–Crippen MR) is 60.6 cm³/mol. The summed E-state index contributed by atoms with van der Waals surface area (Å²) < 4.78 is 2.30. The number of rotatable bonds is 2. The minimum Gasteiger partial charge on any atom is -0.327 e. The lowest BCUT2D eigenvalue weighted by Crippen LogP contribution is -2.25. The highest BCUT2D eigenvalue weighted by Crippen LogP contribution is 2.22. The summed E-state index contributed by atoms with van der Waals surface area (Å²) >= 11 is 0. The van der Waals surface area contributed by atoms with Crippen LogP contribution in [0, 0.1) is 13.8 Å². The molecule has 1 rings (SSSR count). The lowest BCUT2D eigenvalue weighted by molar-refractivity contribution is 0.377. The SMILES string of the molecule is C=CCc1nc(C)c(C)n1C(C)(C)C. The van der Waals surface area contributed by atoms with Gasteiger partial charge in [-0.05, 0) is 34.6 Å². The quantitative estimate of drug-likeness (QED) is 0.659. The number of nitrogens with zero attached hydrogens (tertiary/aromatic N) is 2. The van der Waals surface area contributed by atoms with E-state index in [1.807, 2.05) is 6.08 Å².